The highest BCUT2D eigenvalue weighted by Gasteiger charge is 2.19. The first-order valence-corrected chi connectivity index (χ1v) is 5.39. The third-order valence-electron chi connectivity index (χ3n) is 2.62. The van der Waals surface area contributed by atoms with Gasteiger partial charge in [0.1, 0.15) is 0 Å². The molecule has 2 heterocycles. The van der Waals surface area contributed by atoms with Crippen LogP contribution in [0.15, 0.2) is 22.6 Å². The highest BCUT2D eigenvalue weighted by molar-refractivity contribution is 5.68. The van der Waals surface area contributed by atoms with E-state index in [4.69, 9.17) is 10.6 Å². The molecule has 0 saturated heterocycles. The van der Waals surface area contributed by atoms with Gasteiger partial charge in [-0.2, -0.15) is 0 Å². The third kappa shape index (κ3) is 2.55. The Bertz CT molecular complexity index is 672. The lowest BCUT2D eigenvalue weighted by Gasteiger charge is -2.16. The summed E-state index contributed by atoms with van der Waals surface area (Å²) >= 11 is 0. The van der Waals surface area contributed by atoms with Gasteiger partial charge in [0, 0.05) is 11.5 Å². The van der Waals surface area contributed by atoms with Crippen molar-refractivity contribution in [3.8, 4) is 0 Å². The second-order valence-corrected chi connectivity index (χ2v) is 3.82. The highest BCUT2D eigenvalue weighted by Crippen LogP contribution is 2.09. The molecule has 0 aliphatic heterocycles. The van der Waals surface area contributed by atoms with Crippen molar-refractivity contribution in [1.29, 1.82) is 0 Å². The van der Waals surface area contributed by atoms with E-state index in [1.807, 2.05) is 0 Å². The number of aliphatic hydroxyl groups is 2. The summed E-state index contributed by atoms with van der Waals surface area (Å²) in [5.41, 5.74) is 8.52. The average Bonchev–Trinajstić information content (AvgIpc) is 2.82. The molecule has 2 aromatic heterocycles. The van der Waals surface area contributed by atoms with Gasteiger partial charge >= 0.3 is 0 Å². The van der Waals surface area contributed by atoms with E-state index >= 15 is 0 Å². The van der Waals surface area contributed by atoms with Crippen LogP contribution in [0.3, 0.4) is 0 Å². The molecule has 0 saturated carbocycles. The van der Waals surface area contributed by atoms with Crippen LogP contribution in [0.5, 0.6) is 0 Å². The lowest BCUT2D eigenvalue weighted by molar-refractivity contribution is 0.0698. The number of aromatic amines is 1. The summed E-state index contributed by atoms with van der Waals surface area (Å²) in [6, 6.07) is -0.881. The number of nitrogens with one attached hydrogen (secondary N) is 1. The van der Waals surface area contributed by atoms with E-state index in [1.165, 1.54) is 17.2 Å². The molecule has 2 aromatic rings. The van der Waals surface area contributed by atoms with Crippen LogP contribution >= 0.6 is 0 Å². The molecule has 19 heavy (non-hydrogen) atoms. The Labute approximate surface area is 106 Å². The van der Waals surface area contributed by atoms with Gasteiger partial charge in [-0.3, -0.25) is 4.79 Å². The molecule has 0 amide bonds. The number of hydrogen-bond donors (Lipinski definition) is 3. The van der Waals surface area contributed by atoms with E-state index in [0.717, 1.165) is 0 Å². The Morgan fingerprint density at radius 2 is 2.37 bits per heavy atom. The lowest BCUT2D eigenvalue weighted by Crippen LogP contribution is -2.31. The summed E-state index contributed by atoms with van der Waals surface area (Å²) in [7, 11) is 0. The van der Waals surface area contributed by atoms with Crippen molar-refractivity contribution >= 4 is 11.2 Å². The number of aliphatic hydroxyl groups excluding tert-OH is 2. The molecular formula is C9H11N7O3. The van der Waals surface area contributed by atoms with Crippen LogP contribution in [0.2, 0.25) is 0 Å². The molecule has 0 aromatic carbocycles. The molecule has 0 spiro atoms. The SMILES string of the molecule is [N-]=[N+]=N[C@H](Cn1cnc2c(=O)[nH]cnc21)[C@@H](O)CO. The van der Waals surface area contributed by atoms with Crippen LogP contribution < -0.4 is 5.56 Å². The van der Waals surface area contributed by atoms with Crippen molar-refractivity contribution in [2.75, 3.05) is 6.61 Å². The molecule has 2 rings (SSSR count). The number of hydrogen-bond acceptors (Lipinski definition) is 6. The number of rotatable bonds is 5. The Hall–Kier alpha value is -2.42. The molecule has 0 unspecified atom stereocenters. The molecule has 0 radical (unpaired) electrons. The number of nitrogens with zero attached hydrogens (tertiary/aromatic N) is 6. The first-order valence-electron chi connectivity index (χ1n) is 5.39. The minimum absolute atomic E-state index is 0.0543. The summed E-state index contributed by atoms with van der Waals surface area (Å²) in [4.78, 5) is 24.3. The Morgan fingerprint density at radius 1 is 1.58 bits per heavy atom. The Morgan fingerprint density at radius 3 is 3.05 bits per heavy atom. The topological polar surface area (TPSA) is 153 Å². The van der Waals surface area contributed by atoms with E-state index in [1.54, 1.807) is 0 Å². The summed E-state index contributed by atoms with van der Waals surface area (Å²) in [5.74, 6) is 0. The van der Waals surface area contributed by atoms with Crippen LogP contribution in [0.4, 0.5) is 0 Å². The predicted molar refractivity (Wildman–Crippen MR) is 64.2 cm³/mol. The first kappa shape index (κ1) is 13.0. The number of H-pyrrole nitrogens is 1. The number of azide groups is 1. The number of fused-ring (bicyclic) bond motifs is 1. The number of aromatic nitrogens is 4. The van der Waals surface area contributed by atoms with Gasteiger partial charge in [0.15, 0.2) is 11.2 Å². The van der Waals surface area contributed by atoms with Gasteiger partial charge in [0.2, 0.25) is 0 Å². The fourth-order valence-electron chi connectivity index (χ4n) is 1.65. The van der Waals surface area contributed by atoms with Crippen LogP contribution in [0.25, 0.3) is 21.6 Å². The van der Waals surface area contributed by atoms with Crippen LogP contribution in [0.1, 0.15) is 0 Å². The largest absolute Gasteiger partial charge is 0.394 e. The average molecular weight is 265 g/mol. The van der Waals surface area contributed by atoms with Gasteiger partial charge < -0.3 is 19.8 Å². The van der Waals surface area contributed by atoms with E-state index in [9.17, 15) is 9.90 Å². The standard InChI is InChI=1S/C9H11N7O3/c10-15-14-5(6(18)2-17)1-16-4-13-7-8(16)11-3-12-9(7)19/h3-6,17-18H,1-2H2,(H,11,12,19)/t5-,6+/m1/s1. The fourth-order valence-corrected chi connectivity index (χ4v) is 1.65. The normalized spacial score (nSPS) is 14.0. The maximum Gasteiger partial charge on any atom is 0.278 e. The predicted octanol–water partition coefficient (Wildman–Crippen LogP) is -0.848. The van der Waals surface area contributed by atoms with Crippen LogP contribution in [-0.4, -0.2) is 48.5 Å². The van der Waals surface area contributed by atoms with Gasteiger partial charge in [0.05, 0.1) is 31.4 Å². The van der Waals surface area contributed by atoms with Gasteiger partial charge in [-0.05, 0) is 5.53 Å². The molecule has 0 aliphatic rings. The zero-order valence-corrected chi connectivity index (χ0v) is 9.71. The lowest BCUT2D eigenvalue weighted by atomic mass is 10.2. The summed E-state index contributed by atoms with van der Waals surface area (Å²) in [6.07, 6.45) is 1.39. The second kappa shape index (κ2) is 5.48. The van der Waals surface area contributed by atoms with E-state index < -0.39 is 18.8 Å². The molecule has 3 N–H and O–H groups in total. The summed E-state index contributed by atoms with van der Waals surface area (Å²) in [5, 5.41) is 21.8. The maximum atomic E-state index is 11.5. The Balaban J connectivity index is 2.37. The molecule has 2 atom stereocenters. The molecular weight excluding hydrogens is 254 g/mol. The van der Waals surface area contributed by atoms with Crippen molar-refractivity contribution in [1.82, 2.24) is 19.5 Å². The minimum atomic E-state index is -1.20. The van der Waals surface area contributed by atoms with E-state index in [2.05, 4.69) is 25.0 Å². The maximum absolute atomic E-state index is 11.5. The van der Waals surface area contributed by atoms with E-state index in [-0.39, 0.29) is 17.6 Å². The Kier molecular flexibility index (Phi) is 3.76. The number of imidazole rings is 1. The quantitative estimate of drug-likeness (QED) is 0.365. The first-order chi connectivity index (χ1) is 9.17. The monoisotopic (exact) mass is 265 g/mol. The minimum Gasteiger partial charge on any atom is -0.394 e. The van der Waals surface area contributed by atoms with Gasteiger partial charge in [-0.25, -0.2) is 9.97 Å². The van der Waals surface area contributed by atoms with Crippen molar-refractivity contribution in [2.45, 2.75) is 18.7 Å². The molecule has 10 heteroatoms. The molecule has 10 nitrogen and oxygen atoms in total. The van der Waals surface area contributed by atoms with Crippen molar-refractivity contribution in [3.63, 3.8) is 0 Å². The fraction of sp³-hybridized carbons (Fsp3) is 0.444. The summed E-state index contributed by atoms with van der Waals surface area (Å²) in [6.45, 7) is -0.483. The highest BCUT2D eigenvalue weighted by atomic mass is 16.3. The second-order valence-electron chi connectivity index (χ2n) is 3.82. The van der Waals surface area contributed by atoms with Crippen molar-refractivity contribution in [2.24, 2.45) is 5.11 Å². The third-order valence-corrected chi connectivity index (χ3v) is 2.62. The van der Waals surface area contributed by atoms with E-state index in [0.29, 0.717) is 5.65 Å². The zero-order chi connectivity index (χ0) is 13.8. The molecule has 0 bridgehead atoms. The summed E-state index contributed by atoms with van der Waals surface area (Å²) < 4.78 is 1.48. The van der Waals surface area contributed by atoms with Crippen LogP contribution in [-0.2, 0) is 6.54 Å². The molecule has 100 valence electrons. The smallest absolute Gasteiger partial charge is 0.278 e. The van der Waals surface area contributed by atoms with Crippen LogP contribution in [0, 0.1) is 0 Å². The zero-order valence-electron chi connectivity index (χ0n) is 9.71. The van der Waals surface area contributed by atoms with Crippen molar-refractivity contribution < 1.29 is 10.2 Å². The van der Waals surface area contributed by atoms with Gasteiger partial charge in [-0.15, -0.1) is 0 Å². The van der Waals surface area contributed by atoms with Crippen molar-refractivity contribution in [3.05, 3.63) is 33.5 Å². The molecule has 0 aliphatic carbocycles. The molecule has 0 fully saturated rings. The van der Waals surface area contributed by atoms with Gasteiger partial charge in [0.25, 0.3) is 5.56 Å². The van der Waals surface area contributed by atoms with Gasteiger partial charge in [-0.1, -0.05) is 5.11 Å².